The molecule has 2 saturated heterocycles. The van der Waals surface area contributed by atoms with Gasteiger partial charge in [0.1, 0.15) is 5.75 Å². The monoisotopic (exact) mass is 435 g/mol. The van der Waals surface area contributed by atoms with Gasteiger partial charge in [-0.25, -0.2) is 13.1 Å². The standard InChI is InChI=1S/C18H24F3N3O4S/c1-28-13-4-5-16(14(11-13)18(19,20)21)29(26,27)23-12-6-9-24(10-7-12)17(25)15-3-2-8-22-15/h4-5,11-12,15,22-23H,2-3,6-10H2,1H3/t15-/m1/s1. The summed E-state index contributed by atoms with van der Waals surface area (Å²) in [5.41, 5.74) is -1.27. The summed E-state index contributed by atoms with van der Waals surface area (Å²) in [6.07, 6.45) is -2.44. The number of sulfonamides is 1. The number of rotatable bonds is 5. The summed E-state index contributed by atoms with van der Waals surface area (Å²) >= 11 is 0. The van der Waals surface area contributed by atoms with Crippen molar-refractivity contribution in [3.05, 3.63) is 23.8 Å². The molecule has 0 saturated carbocycles. The first kappa shape index (κ1) is 21.8. The van der Waals surface area contributed by atoms with Gasteiger partial charge >= 0.3 is 6.18 Å². The molecule has 2 aliphatic heterocycles. The average molecular weight is 435 g/mol. The molecule has 0 aliphatic carbocycles. The Morgan fingerprint density at radius 3 is 2.48 bits per heavy atom. The second kappa shape index (κ2) is 8.49. The number of methoxy groups -OCH3 is 1. The third kappa shape index (κ3) is 5.01. The molecule has 11 heteroatoms. The molecule has 7 nitrogen and oxygen atoms in total. The van der Waals surface area contributed by atoms with Crippen LogP contribution in [0, 0.1) is 0 Å². The van der Waals surface area contributed by atoms with Gasteiger partial charge < -0.3 is 15.0 Å². The Morgan fingerprint density at radius 1 is 1.24 bits per heavy atom. The SMILES string of the molecule is COc1ccc(S(=O)(=O)NC2CCN(C(=O)[C@H]3CCCN3)CC2)c(C(F)(F)F)c1. The van der Waals surface area contributed by atoms with E-state index in [9.17, 15) is 26.4 Å². The van der Waals surface area contributed by atoms with Crippen LogP contribution in [0.15, 0.2) is 23.1 Å². The number of alkyl halides is 3. The van der Waals surface area contributed by atoms with Gasteiger partial charge in [0.15, 0.2) is 0 Å². The van der Waals surface area contributed by atoms with E-state index in [1.165, 1.54) is 13.2 Å². The molecule has 0 bridgehead atoms. The van der Waals surface area contributed by atoms with E-state index >= 15 is 0 Å². The Bertz CT molecular complexity index is 846. The van der Waals surface area contributed by atoms with E-state index in [4.69, 9.17) is 4.74 Å². The zero-order valence-electron chi connectivity index (χ0n) is 16.0. The average Bonchev–Trinajstić information content (AvgIpc) is 3.21. The highest BCUT2D eigenvalue weighted by Crippen LogP contribution is 2.36. The number of ether oxygens (including phenoxy) is 1. The zero-order chi connectivity index (χ0) is 21.2. The van der Waals surface area contributed by atoms with E-state index in [-0.39, 0.29) is 17.7 Å². The predicted molar refractivity (Wildman–Crippen MR) is 98.9 cm³/mol. The molecule has 1 amide bonds. The van der Waals surface area contributed by atoms with Crippen LogP contribution < -0.4 is 14.8 Å². The molecule has 3 rings (SSSR count). The topological polar surface area (TPSA) is 87.7 Å². The lowest BCUT2D eigenvalue weighted by Gasteiger charge is -2.33. The molecule has 2 N–H and O–H groups in total. The van der Waals surface area contributed by atoms with Gasteiger partial charge in [0.2, 0.25) is 15.9 Å². The first-order chi connectivity index (χ1) is 13.6. The summed E-state index contributed by atoms with van der Waals surface area (Å²) in [6.45, 7) is 1.52. The largest absolute Gasteiger partial charge is 0.497 e. The number of piperidine rings is 1. The van der Waals surface area contributed by atoms with E-state index in [1.54, 1.807) is 4.90 Å². The van der Waals surface area contributed by atoms with Crippen molar-refractivity contribution in [2.24, 2.45) is 0 Å². The molecule has 0 radical (unpaired) electrons. The Hall–Kier alpha value is -1.85. The molecule has 0 aromatic heterocycles. The molecule has 0 unspecified atom stereocenters. The van der Waals surface area contributed by atoms with Gasteiger partial charge in [-0.1, -0.05) is 0 Å². The molecule has 1 aromatic rings. The summed E-state index contributed by atoms with van der Waals surface area (Å²) in [6, 6.07) is 2.01. The maximum absolute atomic E-state index is 13.4. The van der Waals surface area contributed by atoms with Crippen LogP contribution in [-0.2, 0) is 21.0 Å². The van der Waals surface area contributed by atoms with Crippen LogP contribution in [0.5, 0.6) is 5.75 Å². The van der Waals surface area contributed by atoms with Crippen molar-refractivity contribution < 1.29 is 31.1 Å². The molecule has 1 aromatic carbocycles. The smallest absolute Gasteiger partial charge is 0.417 e. The van der Waals surface area contributed by atoms with Gasteiger partial charge in [-0.3, -0.25) is 4.79 Å². The minimum atomic E-state index is -4.84. The minimum absolute atomic E-state index is 0.00156. The van der Waals surface area contributed by atoms with Crippen LogP contribution in [0.3, 0.4) is 0 Å². The number of nitrogens with one attached hydrogen (secondary N) is 2. The van der Waals surface area contributed by atoms with Crippen LogP contribution in [0.2, 0.25) is 0 Å². The van der Waals surface area contributed by atoms with Crippen molar-refractivity contribution in [3.63, 3.8) is 0 Å². The minimum Gasteiger partial charge on any atom is -0.497 e. The van der Waals surface area contributed by atoms with E-state index < -0.39 is 32.7 Å². The van der Waals surface area contributed by atoms with Crippen molar-refractivity contribution in [1.29, 1.82) is 0 Å². The Labute approximate surface area is 167 Å². The van der Waals surface area contributed by atoms with E-state index in [0.29, 0.717) is 32.0 Å². The fourth-order valence-electron chi connectivity index (χ4n) is 3.71. The molecular formula is C18H24F3N3O4S. The van der Waals surface area contributed by atoms with Crippen molar-refractivity contribution in [3.8, 4) is 5.75 Å². The number of halogens is 3. The quantitative estimate of drug-likeness (QED) is 0.736. The summed E-state index contributed by atoms with van der Waals surface area (Å²) in [5, 5.41) is 3.13. The first-order valence-corrected chi connectivity index (χ1v) is 10.9. The van der Waals surface area contributed by atoms with Gasteiger partial charge in [-0.2, -0.15) is 13.2 Å². The lowest BCUT2D eigenvalue weighted by atomic mass is 10.0. The van der Waals surface area contributed by atoms with E-state index in [0.717, 1.165) is 25.5 Å². The van der Waals surface area contributed by atoms with E-state index in [2.05, 4.69) is 10.0 Å². The second-order valence-corrected chi connectivity index (χ2v) is 8.91. The molecule has 2 aliphatic rings. The Kier molecular flexibility index (Phi) is 6.39. The number of hydrogen-bond donors (Lipinski definition) is 2. The fourth-order valence-corrected chi connectivity index (χ4v) is 5.22. The highest BCUT2D eigenvalue weighted by atomic mass is 32.2. The highest BCUT2D eigenvalue weighted by Gasteiger charge is 2.39. The first-order valence-electron chi connectivity index (χ1n) is 9.41. The van der Waals surface area contributed by atoms with Crippen molar-refractivity contribution >= 4 is 15.9 Å². The van der Waals surface area contributed by atoms with Crippen LogP contribution in [0.4, 0.5) is 13.2 Å². The molecule has 0 spiro atoms. The lowest BCUT2D eigenvalue weighted by Crippen LogP contribution is -2.50. The molecule has 162 valence electrons. The molecule has 2 fully saturated rings. The summed E-state index contributed by atoms with van der Waals surface area (Å²) in [7, 11) is -3.19. The summed E-state index contributed by atoms with van der Waals surface area (Å²) < 4.78 is 72.5. The van der Waals surface area contributed by atoms with Gasteiger partial charge in [-0.15, -0.1) is 0 Å². The van der Waals surface area contributed by atoms with Crippen molar-refractivity contribution in [2.45, 2.75) is 48.8 Å². The predicted octanol–water partition coefficient (Wildman–Crippen LogP) is 1.74. The van der Waals surface area contributed by atoms with Crippen LogP contribution in [0.25, 0.3) is 0 Å². The van der Waals surface area contributed by atoms with Gasteiger partial charge in [0, 0.05) is 19.1 Å². The third-order valence-electron chi connectivity index (χ3n) is 5.27. The molecular weight excluding hydrogens is 411 g/mol. The zero-order valence-corrected chi connectivity index (χ0v) is 16.8. The lowest BCUT2D eigenvalue weighted by molar-refractivity contribution is -0.140. The number of likely N-dealkylation sites (tertiary alicyclic amines) is 1. The van der Waals surface area contributed by atoms with Crippen LogP contribution >= 0.6 is 0 Å². The van der Waals surface area contributed by atoms with Crippen LogP contribution in [0.1, 0.15) is 31.2 Å². The van der Waals surface area contributed by atoms with Gasteiger partial charge in [0.05, 0.1) is 23.6 Å². The fraction of sp³-hybridized carbons (Fsp3) is 0.611. The molecule has 29 heavy (non-hydrogen) atoms. The number of nitrogens with zero attached hydrogens (tertiary/aromatic N) is 1. The van der Waals surface area contributed by atoms with E-state index in [1.807, 2.05) is 0 Å². The number of carbonyl (C=O) groups excluding carboxylic acids is 1. The molecule has 1 atom stereocenters. The third-order valence-corrected chi connectivity index (χ3v) is 6.85. The number of carbonyl (C=O) groups is 1. The Balaban J connectivity index is 1.68. The number of benzene rings is 1. The highest BCUT2D eigenvalue weighted by molar-refractivity contribution is 7.89. The normalized spacial score (nSPS) is 21.4. The van der Waals surface area contributed by atoms with Crippen molar-refractivity contribution in [1.82, 2.24) is 14.9 Å². The second-order valence-electron chi connectivity index (χ2n) is 7.23. The van der Waals surface area contributed by atoms with Gasteiger partial charge in [-0.05, 0) is 50.4 Å². The Morgan fingerprint density at radius 2 is 1.93 bits per heavy atom. The number of amides is 1. The van der Waals surface area contributed by atoms with Gasteiger partial charge in [0.25, 0.3) is 0 Å². The summed E-state index contributed by atoms with van der Waals surface area (Å²) in [4.78, 5) is 13.3. The number of hydrogen-bond acceptors (Lipinski definition) is 5. The maximum Gasteiger partial charge on any atom is 0.417 e. The summed E-state index contributed by atoms with van der Waals surface area (Å²) in [5.74, 6) is -0.0815. The van der Waals surface area contributed by atoms with Crippen LogP contribution in [-0.4, -0.2) is 58.1 Å². The molecule has 2 heterocycles. The van der Waals surface area contributed by atoms with Crippen molar-refractivity contribution in [2.75, 3.05) is 26.7 Å². The maximum atomic E-state index is 13.4.